The van der Waals surface area contributed by atoms with Gasteiger partial charge in [0, 0.05) is 0 Å². The summed E-state index contributed by atoms with van der Waals surface area (Å²) in [6, 6.07) is 20.8. The minimum absolute atomic E-state index is 1.28. The van der Waals surface area contributed by atoms with Crippen LogP contribution in [0.5, 0.6) is 0 Å². The van der Waals surface area contributed by atoms with Crippen molar-refractivity contribution in [3.8, 4) is 11.1 Å². The van der Waals surface area contributed by atoms with E-state index in [2.05, 4.69) is 48.5 Å². The summed E-state index contributed by atoms with van der Waals surface area (Å²) in [5, 5.41) is 0. The highest BCUT2D eigenvalue weighted by atomic mass is 14.0. The van der Waals surface area contributed by atoms with Crippen molar-refractivity contribution in [3.05, 3.63) is 60.7 Å². The van der Waals surface area contributed by atoms with Gasteiger partial charge in [-0.15, -0.1) is 0 Å². The van der Waals surface area contributed by atoms with Crippen molar-refractivity contribution in [1.29, 1.82) is 0 Å². The Morgan fingerprint density at radius 2 is 0.667 bits per heavy atom. The van der Waals surface area contributed by atoms with Gasteiger partial charge in [0.15, 0.2) is 0 Å². The van der Waals surface area contributed by atoms with Gasteiger partial charge < -0.3 is 0 Å². The van der Waals surface area contributed by atoms with Crippen molar-refractivity contribution in [1.82, 2.24) is 0 Å². The van der Waals surface area contributed by atoms with Crippen LogP contribution in [0.3, 0.4) is 0 Å². The van der Waals surface area contributed by atoms with E-state index in [1.54, 1.807) is 0 Å². The summed E-state index contributed by atoms with van der Waals surface area (Å²) in [4.78, 5) is 0. The van der Waals surface area contributed by atoms with Crippen molar-refractivity contribution in [2.45, 2.75) is 55.2 Å². The van der Waals surface area contributed by atoms with E-state index >= 15 is 0 Å². The second-order valence-electron chi connectivity index (χ2n) is 3.31. The molecule has 0 bridgehead atoms. The zero-order valence-electron chi connectivity index (χ0n) is 15.4. The summed E-state index contributed by atoms with van der Waals surface area (Å²) in [6.45, 7) is 16.0. The first kappa shape index (κ1) is 24.5. The van der Waals surface area contributed by atoms with Gasteiger partial charge in [-0.25, -0.2) is 0 Å². The fraction of sp³-hybridized carbons (Fsp3) is 0.400. The summed E-state index contributed by atoms with van der Waals surface area (Å²) >= 11 is 0. The Bertz CT molecular complexity index is 317. The van der Waals surface area contributed by atoms with Crippen LogP contribution in [0.4, 0.5) is 0 Å². The number of benzene rings is 2. The van der Waals surface area contributed by atoms with E-state index in [-0.39, 0.29) is 0 Å². The quantitative estimate of drug-likeness (QED) is 0.485. The van der Waals surface area contributed by atoms with E-state index < -0.39 is 0 Å². The lowest BCUT2D eigenvalue weighted by molar-refractivity contribution is 1.50. The van der Waals surface area contributed by atoms with Crippen LogP contribution in [-0.2, 0) is 0 Å². The Morgan fingerprint density at radius 3 is 0.857 bits per heavy atom. The lowest BCUT2D eigenvalue weighted by atomic mass is 9.88. The topological polar surface area (TPSA) is 0 Å². The number of hydrogen-bond donors (Lipinski definition) is 0. The monoisotopic (exact) mass is 285 g/mol. The first-order chi connectivity index (χ1) is 10.4. The van der Waals surface area contributed by atoms with E-state index in [9.17, 15) is 0 Å². The van der Waals surface area contributed by atoms with E-state index in [1.165, 1.54) is 11.1 Å². The Hall–Kier alpha value is -1.50. The third-order valence-corrected chi connectivity index (χ3v) is 1.88. The summed E-state index contributed by atoms with van der Waals surface area (Å²) in [5.41, 5.74) is 2.55. The zero-order chi connectivity index (χ0) is 16.9. The number of hydrogen-bond acceptors (Lipinski definition) is 0. The molecular weight excluding hydrogens is 251 g/mol. The largest absolute Gasteiger partial charge is 0.102 e. The van der Waals surface area contributed by atoms with E-state index in [1.807, 2.05) is 74.6 Å². The van der Waals surface area contributed by atoms with E-state index in [0.29, 0.717) is 0 Å². The molecule has 0 N–H and O–H groups in total. The molecule has 0 saturated heterocycles. The molecule has 0 heterocycles. The van der Waals surface area contributed by atoms with E-state index in [4.69, 9.17) is 0 Å². The van der Waals surface area contributed by atoms with Crippen LogP contribution in [0, 0.1) is 0 Å². The van der Waals surface area contributed by atoms with E-state index in [0.717, 1.165) is 0 Å². The molecule has 2 aromatic carbocycles. The zero-order valence-corrected chi connectivity index (χ0v) is 15.4. The van der Waals surface area contributed by atoms with Gasteiger partial charge in [0.2, 0.25) is 0 Å². The molecule has 21 heavy (non-hydrogen) atoms. The molecule has 0 spiro atoms. The fourth-order valence-electron chi connectivity index (χ4n) is 1.26. The molecule has 0 amide bonds. The van der Waals surface area contributed by atoms with Crippen molar-refractivity contribution in [2.24, 2.45) is 0 Å². The SMILES string of the molecule is CC.CC.CC.C[B]C.c1ccc(-c2ccccc2)cc1. The van der Waals surface area contributed by atoms with Gasteiger partial charge in [0.1, 0.15) is 7.28 Å². The van der Waals surface area contributed by atoms with Gasteiger partial charge in [-0.1, -0.05) is 116 Å². The molecule has 0 aliphatic heterocycles. The second-order valence-corrected chi connectivity index (χ2v) is 3.31. The molecule has 117 valence electrons. The molecule has 0 unspecified atom stereocenters. The standard InChI is InChI=1S/C12H10.C2H6B.3C2H6/c1-3-7-11(8-4-1)12-9-5-2-6-10-12;1-3-2;3*1-2/h1-10H;1-2H3;3*1-2H3. The molecule has 0 aromatic heterocycles. The molecule has 0 saturated carbocycles. The molecule has 0 aliphatic rings. The van der Waals surface area contributed by atoms with Crippen LogP contribution in [-0.4, -0.2) is 7.28 Å². The smallest absolute Gasteiger partial charge is 0.0922 e. The maximum absolute atomic E-state index is 2.12. The minimum atomic E-state index is 1.28. The van der Waals surface area contributed by atoms with Crippen LogP contribution in [0.25, 0.3) is 11.1 Å². The van der Waals surface area contributed by atoms with Gasteiger partial charge >= 0.3 is 0 Å². The summed E-state index contributed by atoms with van der Waals surface area (Å²) < 4.78 is 0. The normalized spacial score (nSPS) is 7.05. The predicted octanol–water partition coefficient (Wildman–Crippen LogP) is 7.22. The van der Waals surface area contributed by atoms with Crippen LogP contribution in [0.15, 0.2) is 60.7 Å². The Morgan fingerprint density at radius 1 is 0.476 bits per heavy atom. The highest BCUT2D eigenvalue weighted by Crippen LogP contribution is 2.17. The van der Waals surface area contributed by atoms with Crippen LogP contribution < -0.4 is 0 Å². The summed E-state index contributed by atoms with van der Waals surface area (Å²) in [7, 11) is 2.00. The van der Waals surface area contributed by atoms with Crippen molar-refractivity contribution < 1.29 is 0 Å². The Kier molecular flexibility index (Phi) is 27.5. The van der Waals surface area contributed by atoms with Gasteiger partial charge in [0.05, 0.1) is 0 Å². The lowest BCUT2D eigenvalue weighted by Gasteiger charge is -1.98. The van der Waals surface area contributed by atoms with Crippen LogP contribution >= 0.6 is 0 Å². The molecule has 0 aliphatic carbocycles. The third-order valence-electron chi connectivity index (χ3n) is 1.88. The van der Waals surface area contributed by atoms with Gasteiger partial charge in [-0.3, -0.25) is 0 Å². The first-order valence-electron chi connectivity index (χ1n) is 8.23. The average molecular weight is 285 g/mol. The first-order valence-corrected chi connectivity index (χ1v) is 8.23. The van der Waals surface area contributed by atoms with Crippen LogP contribution in [0.2, 0.25) is 13.6 Å². The molecule has 0 atom stereocenters. The maximum atomic E-state index is 2.12. The maximum Gasteiger partial charge on any atom is 0.102 e. The average Bonchev–Trinajstić information content (AvgIpc) is 2.62. The summed E-state index contributed by atoms with van der Waals surface area (Å²) in [5.74, 6) is 0. The number of rotatable bonds is 1. The van der Waals surface area contributed by atoms with Crippen molar-refractivity contribution >= 4 is 7.28 Å². The molecular formula is C20H34B. The van der Waals surface area contributed by atoms with Gasteiger partial charge in [-0.2, -0.15) is 0 Å². The van der Waals surface area contributed by atoms with Crippen LogP contribution in [0.1, 0.15) is 41.5 Å². The molecule has 2 rings (SSSR count). The predicted molar refractivity (Wildman–Crippen MR) is 103 cm³/mol. The van der Waals surface area contributed by atoms with Gasteiger partial charge in [0.25, 0.3) is 0 Å². The van der Waals surface area contributed by atoms with Gasteiger partial charge in [-0.05, 0) is 11.1 Å². The Balaban J connectivity index is -0.000000308. The molecule has 0 fully saturated rings. The minimum Gasteiger partial charge on any atom is -0.0922 e. The molecule has 2 aromatic rings. The highest BCUT2D eigenvalue weighted by molar-refractivity contribution is 6.31. The second kappa shape index (κ2) is 23.6. The third kappa shape index (κ3) is 14.7. The van der Waals surface area contributed by atoms with Crippen molar-refractivity contribution in [2.75, 3.05) is 0 Å². The molecule has 0 nitrogen and oxygen atoms in total. The fourth-order valence-corrected chi connectivity index (χ4v) is 1.26. The lowest BCUT2D eigenvalue weighted by Crippen LogP contribution is -1.73. The molecule has 1 heteroatoms. The van der Waals surface area contributed by atoms with Crippen molar-refractivity contribution in [3.63, 3.8) is 0 Å². The summed E-state index contributed by atoms with van der Waals surface area (Å²) in [6.07, 6.45) is 0. The Labute approximate surface area is 134 Å². The molecule has 1 radical (unpaired) electrons. The highest BCUT2D eigenvalue weighted by Gasteiger charge is 1.91.